The summed E-state index contributed by atoms with van der Waals surface area (Å²) in [6.07, 6.45) is -44.3. The summed E-state index contributed by atoms with van der Waals surface area (Å²) in [7, 11) is 1.73. The number of rotatable bonds is 57. The third-order valence-corrected chi connectivity index (χ3v) is 22.9. The van der Waals surface area contributed by atoms with Gasteiger partial charge in [0.05, 0.1) is 19.3 Å². The first kappa shape index (κ1) is 114. The minimum atomic E-state index is -2.55. The monoisotopic (exact) mass is 1920 g/mol. The zero-order chi connectivity index (χ0) is 98.5. The van der Waals surface area contributed by atoms with Gasteiger partial charge in [0.15, 0.2) is 74.4 Å². The number of unbranched alkanes of at least 4 members (excludes halogenated alkanes) is 16. The van der Waals surface area contributed by atoms with Crippen molar-refractivity contribution in [3.05, 3.63) is 12.3 Å². The van der Waals surface area contributed by atoms with Gasteiger partial charge in [0.2, 0.25) is 0 Å². The Bertz CT molecular complexity index is 3630. The predicted molar refractivity (Wildman–Crippen MR) is 448 cm³/mol. The van der Waals surface area contributed by atoms with E-state index >= 15 is 0 Å². The van der Waals surface area contributed by atoms with E-state index in [-0.39, 0.29) is 12.3 Å². The molecule has 0 bridgehead atoms. The van der Waals surface area contributed by atoms with E-state index < -0.39 is 296 Å². The number of aliphatic hydroxyl groups excluding tert-OH is 9. The molecule has 6 rings (SSSR count). The van der Waals surface area contributed by atoms with Crippen LogP contribution in [0.1, 0.15) is 230 Å². The van der Waals surface area contributed by atoms with Crippen molar-refractivity contribution >= 4 is 71.4 Å². The molecule has 762 valence electrons. The number of likely N-dealkylation sites (N-methyl/N-ethyl adjacent to an activating group) is 1. The molecule has 31 atom stereocenters. The maximum atomic E-state index is 13.5. The molecule has 0 spiro atoms. The molecule has 6 heterocycles. The third kappa shape index (κ3) is 37.4. The van der Waals surface area contributed by atoms with Crippen LogP contribution in [0.15, 0.2) is 12.3 Å². The van der Waals surface area contributed by atoms with Crippen LogP contribution in [0.3, 0.4) is 0 Å². The Balaban J connectivity index is 1.38. The normalized spacial score (nSPS) is 32.4. The van der Waals surface area contributed by atoms with Crippen molar-refractivity contribution in [2.45, 2.75) is 421 Å². The van der Waals surface area contributed by atoms with E-state index in [1.54, 1.807) is 11.9 Å². The molecule has 0 aliphatic carbocycles. The Morgan fingerprint density at radius 3 is 1.04 bits per heavy atom. The fraction of sp³-hybridized carbons (Fsp3) is 0.841. The van der Waals surface area contributed by atoms with Gasteiger partial charge in [0, 0.05) is 94.8 Å². The number of nitrogens with zero attached hydrogens (tertiary/aromatic N) is 1. The molecule has 45 nitrogen and oxygen atoms in total. The summed E-state index contributed by atoms with van der Waals surface area (Å²) < 4.78 is 132. The fourth-order valence-corrected chi connectivity index (χ4v) is 16.4. The van der Waals surface area contributed by atoms with Crippen molar-refractivity contribution in [2.75, 3.05) is 53.2 Å². The van der Waals surface area contributed by atoms with Crippen LogP contribution in [0, 0.1) is 0 Å². The van der Waals surface area contributed by atoms with E-state index in [1.165, 1.54) is 0 Å². The van der Waals surface area contributed by atoms with Gasteiger partial charge in [-0.05, 0) is 38.5 Å². The third-order valence-electron chi connectivity index (χ3n) is 22.9. The summed E-state index contributed by atoms with van der Waals surface area (Å²) in [5.74, 6) is -10.9. The molecule has 0 aromatic heterocycles. The van der Waals surface area contributed by atoms with Gasteiger partial charge in [0.1, 0.15) is 149 Å². The lowest BCUT2D eigenvalue weighted by atomic mass is 9.94. The van der Waals surface area contributed by atoms with Crippen molar-refractivity contribution in [3.8, 4) is 0 Å². The van der Waals surface area contributed by atoms with Crippen LogP contribution in [0.2, 0.25) is 0 Å². The van der Waals surface area contributed by atoms with Crippen LogP contribution in [0.4, 0.5) is 0 Å². The van der Waals surface area contributed by atoms with E-state index in [1.807, 2.05) is 6.92 Å². The summed E-state index contributed by atoms with van der Waals surface area (Å²) >= 11 is 0. The van der Waals surface area contributed by atoms with Crippen molar-refractivity contribution in [2.24, 2.45) is 0 Å². The number of ketones is 1. The molecule has 0 radical (unpaired) electrons. The highest BCUT2D eigenvalue weighted by Crippen LogP contribution is 2.42. The van der Waals surface area contributed by atoms with Gasteiger partial charge in [-0.1, -0.05) is 116 Å². The number of aliphatic carboxylic acids is 1. The van der Waals surface area contributed by atoms with E-state index in [0.29, 0.717) is 57.8 Å². The number of hydrogen-bond donors (Lipinski definition) is 10. The second-order valence-corrected chi connectivity index (χ2v) is 34.0. The van der Waals surface area contributed by atoms with E-state index in [0.717, 1.165) is 171 Å². The van der Waals surface area contributed by atoms with Crippen molar-refractivity contribution in [3.63, 3.8) is 0 Å². The smallest absolute Gasteiger partial charge is 0.323 e. The quantitative estimate of drug-likeness (QED) is 0.0234. The van der Waals surface area contributed by atoms with Gasteiger partial charge in [0.25, 0.3) is 0 Å². The van der Waals surface area contributed by atoms with Crippen molar-refractivity contribution < 1.29 is 213 Å². The SMILES string of the molecule is C=C(CCCCCCCCCCCCC(=O)CCCCCCCCC(CCCCC)OC1OC(CO)C(OC2OC(COC(C)=O)C(OC3OC(CO)C(O)C(OC4OC(COC(C)=O)C(O)C(O)C4O)C3O)C(O)C2OC2OC(COC(C)=O)C(OC(C)=O)C(OC(C)=O)C2OC(C)=O)C(O)C1OC1OC(COC(C)=O)C(OC(C)=O)C(OC(C)=O)C1OC(C)=O)N(C)CC(=O)O. The molecular weight excluding hydrogens is 1770 g/mol. The van der Waals surface area contributed by atoms with E-state index in [4.69, 9.17) is 109 Å². The van der Waals surface area contributed by atoms with E-state index in [2.05, 4.69) is 6.58 Å². The van der Waals surface area contributed by atoms with Crippen LogP contribution in [0.5, 0.6) is 0 Å². The molecule has 6 fully saturated rings. The number of Topliss-reactive ketones (excluding diaryl/α,β-unsaturated/α-hetero) is 1. The van der Waals surface area contributed by atoms with Crippen LogP contribution in [0.25, 0.3) is 0 Å². The number of esters is 10. The Morgan fingerprint density at radius 2 is 0.624 bits per heavy atom. The minimum absolute atomic E-state index is 0.0700. The lowest BCUT2D eigenvalue weighted by molar-refractivity contribution is -0.412. The van der Waals surface area contributed by atoms with Crippen molar-refractivity contribution in [1.82, 2.24) is 4.90 Å². The number of ether oxygens (including phenoxy) is 22. The highest BCUT2D eigenvalue weighted by molar-refractivity contribution is 5.78. The topological polar surface area (TPSA) is 613 Å². The van der Waals surface area contributed by atoms with Crippen LogP contribution < -0.4 is 0 Å². The van der Waals surface area contributed by atoms with Gasteiger partial charge in [-0.25, -0.2) is 0 Å². The van der Waals surface area contributed by atoms with Crippen LogP contribution in [-0.2, 0) is 162 Å². The van der Waals surface area contributed by atoms with Crippen LogP contribution in [-0.4, -0.2) is 371 Å². The molecule has 133 heavy (non-hydrogen) atoms. The molecule has 31 unspecified atom stereocenters. The summed E-state index contributed by atoms with van der Waals surface area (Å²) in [6, 6.07) is 0. The average molecular weight is 1920 g/mol. The first-order valence-corrected chi connectivity index (χ1v) is 45.6. The molecule has 0 amide bonds. The standard InChI is InChI=1S/C88H141NO44/c1-14-15-28-36-57(37-32-27-23-22-26-31-35-56(102)34-30-25-21-19-17-16-18-20-24-29-33-45(2)89(13)38-64(103)104)122-85-77(132-87-81(120-54(11)100)79(118-52(9)98)74(116-50(7)96)62(127-87)43-114-48(5)94)69(109)72(59(40-91)124-85)130-86-78(133-88-82(121-55(12)101)80(119-53(10)99)75(117-51(8)97)63(128-88)44-115-49(6)95)70(110)73(61(126-86)42-113-47(4)93)129-84-71(111)76(66(106)58(39-90)123-84)131-83-68(108)67(107)65(105)60(125-83)41-112-46(3)92/h57-63,65-88,90-91,105-111H,2,14-44H2,1,3-13H3,(H,103,104). The number of allylic oxidation sites excluding steroid dienone is 1. The molecule has 0 saturated carbocycles. The molecule has 10 N–H and O–H groups in total. The molecule has 45 heteroatoms. The summed E-state index contributed by atoms with van der Waals surface area (Å²) in [5, 5.41) is 115. The molecule has 0 aromatic rings. The van der Waals surface area contributed by atoms with Crippen molar-refractivity contribution in [1.29, 1.82) is 0 Å². The Labute approximate surface area is 772 Å². The molecular formula is C88H141NO44. The number of hydrogen-bond acceptors (Lipinski definition) is 44. The van der Waals surface area contributed by atoms with E-state index in [9.17, 15) is 103 Å². The number of carbonyl (C=O) groups excluding carboxylic acids is 11. The van der Waals surface area contributed by atoms with Gasteiger partial charge >= 0.3 is 65.7 Å². The fourth-order valence-electron chi connectivity index (χ4n) is 16.4. The zero-order valence-electron chi connectivity index (χ0n) is 77.8. The Morgan fingerprint density at radius 1 is 0.308 bits per heavy atom. The van der Waals surface area contributed by atoms with Gasteiger partial charge in [-0.2, -0.15) is 0 Å². The van der Waals surface area contributed by atoms with Crippen LogP contribution >= 0.6 is 0 Å². The largest absolute Gasteiger partial charge is 0.480 e. The Kier molecular flexibility index (Phi) is 50.1. The van der Waals surface area contributed by atoms with Gasteiger partial charge in [-0.15, -0.1) is 0 Å². The number of carbonyl (C=O) groups is 12. The summed E-state index contributed by atoms with van der Waals surface area (Å²) in [4.78, 5) is 155. The predicted octanol–water partition coefficient (Wildman–Crippen LogP) is 1.48. The zero-order valence-corrected chi connectivity index (χ0v) is 77.8. The second-order valence-electron chi connectivity index (χ2n) is 34.0. The highest BCUT2D eigenvalue weighted by Gasteiger charge is 2.62. The molecule has 6 aliphatic rings. The first-order chi connectivity index (χ1) is 63.1. The maximum absolute atomic E-state index is 13.5. The molecule has 6 aliphatic heterocycles. The lowest BCUT2D eigenvalue weighted by Gasteiger charge is -2.52. The number of carboxylic acid groups (broad SMARTS) is 1. The highest BCUT2D eigenvalue weighted by atomic mass is 16.8. The second kappa shape index (κ2) is 58.3. The number of carboxylic acids is 1. The molecule has 6 saturated heterocycles. The van der Waals surface area contributed by atoms with Gasteiger partial charge in [-0.3, -0.25) is 57.5 Å². The lowest BCUT2D eigenvalue weighted by Crippen LogP contribution is -2.70. The first-order valence-electron chi connectivity index (χ1n) is 45.6. The minimum Gasteiger partial charge on any atom is -0.480 e. The van der Waals surface area contributed by atoms with Gasteiger partial charge < -0.3 is 160 Å². The molecule has 0 aromatic carbocycles. The number of aliphatic hydroxyl groups is 9. The maximum Gasteiger partial charge on any atom is 0.323 e. The average Bonchev–Trinajstić information content (AvgIpc) is 0.757. The summed E-state index contributed by atoms with van der Waals surface area (Å²) in [6.45, 7) is 9.81. The summed E-state index contributed by atoms with van der Waals surface area (Å²) in [5.41, 5.74) is 0.819. The Hall–Kier alpha value is -7.46.